The number of para-hydroxylation sites is 2. The molecule has 0 amide bonds. The molecule has 0 bridgehead atoms. The number of fused-ring (bicyclic) bond motifs is 12. The topological polar surface area (TPSA) is 43.6 Å². The van der Waals surface area contributed by atoms with Gasteiger partial charge in [-0.25, -0.2) is 4.98 Å². The second-order valence-corrected chi connectivity index (χ2v) is 15.4. The van der Waals surface area contributed by atoms with Crippen molar-refractivity contribution in [1.29, 1.82) is 0 Å². The van der Waals surface area contributed by atoms with E-state index in [4.69, 9.17) is 15.0 Å². The van der Waals surface area contributed by atoms with Crippen LogP contribution in [0.2, 0.25) is 0 Å². The fourth-order valence-electron chi connectivity index (χ4n) is 8.73. The lowest BCUT2D eigenvalue weighted by Gasteiger charge is -2.13. The maximum Gasteiger partial charge on any atom is 0.238 e. The molecule has 12 aromatic rings. The molecule has 0 fully saturated rings. The minimum absolute atomic E-state index is 0.595. The van der Waals surface area contributed by atoms with Crippen LogP contribution in [0.4, 0.5) is 0 Å². The summed E-state index contributed by atoms with van der Waals surface area (Å²) in [5.41, 5.74) is 6.43. The van der Waals surface area contributed by atoms with Gasteiger partial charge in [0.1, 0.15) is 0 Å². The first-order valence-corrected chi connectivity index (χ1v) is 19.7. The van der Waals surface area contributed by atoms with Gasteiger partial charge in [-0.15, -0.1) is 11.3 Å². The Morgan fingerprint density at radius 2 is 0.875 bits per heavy atom. The summed E-state index contributed by atoms with van der Waals surface area (Å²) in [6, 6.07) is 65.1. The molecule has 4 nitrogen and oxygen atoms in total. The van der Waals surface area contributed by atoms with E-state index in [2.05, 4.69) is 168 Å². The highest BCUT2D eigenvalue weighted by molar-refractivity contribution is 7.26. The smallest absolute Gasteiger partial charge is 0.238 e. The van der Waals surface area contributed by atoms with Gasteiger partial charge in [-0.3, -0.25) is 4.57 Å². The molecule has 0 saturated carbocycles. The van der Waals surface area contributed by atoms with Crippen LogP contribution in [0, 0.1) is 0 Å². The van der Waals surface area contributed by atoms with Gasteiger partial charge < -0.3 is 0 Å². The van der Waals surface area contributed by atoms with E-state index in [1.807, 2.05) is 29.5 Å². The predicted octanol–water partition coefficient (Wildman–Crippen LogP) is 13.8. The Labute approximate surface area is 325 Å². The normalized spacial score (nSPS) is 11.9. The first-order valence-electron chi connectivity index (χ1n) is 18.9. The summed E-state index contributed by atoms with van der Waals surface area (Å²) in [6.07, 6.45) is 0. The third-order valence-corrected chi connectivity index (χ3v) is 12.4. The zero-order valence-electron chi connectivity index (χ0n) is 30.0. The van der Waals surface area contributed by atoms with Crippen molar-refractivity contribution in [3.63, 3.8) is 0 Å². The van der Waals surface area contributed by atoms with Crippen molar-refractivity contribution in [2.45, 2.75) is 0 Å². The van der Waals surface area contributed by atoms with Crippen LogP contribution in [-0.2, 0) is 0 Å². The Morgan fingerprint density at radius 1 is 0.339 bits per heavy atom. The van der Waals surface area contributed by atoms with E-state index >= 15 is 0 Å². The van der Waals surface area contributed by atoms with Gasteiger partial charge in [0.25, 0.3) is 0 Å². The second-order valence-electron chi connectivity index (χ2n) is 14.4. The van der Waals surface area contributed by atoms with Crippen LogP contribution in [0.25, 0.3) is 114 Å². The molecule has 0 saturated heterocycles. The summed E-state index contributed by atoms with van der Waals surface area (Å²) in [6.45, 7) is 0. The molecular weight excluding hydrogens is 701 g/mol. The van der Waals surface area contributed by atoms with Gasteiger partial charge in [-0.2, -0.15) is 9.97 Å². The average Bonchev–Trinajstić information content (AvgIpc) is 3.82. The lowest BCUT2D eigenvalue weighted by Crippen LogP contribution is -2.06. The van der Waals surface area contributed by atoms with E-state index in [-0.39, 0.29) is 0 Å². The molecule has 56 heavy (non-hydrogen) atoms. The third-order valence-electron chi connectivity index (χ3n) is 11.2. The number of rotatable bonds is 4. The summed E-state index contributed by atoms with van der Waals surface area (Å²) < 4.78 is 4.66. The molecular formula is C51H30N4S. The van der Waals surface area contributed by atoms with E-state index in [1.165, 1.54) is 74.4 Å². The van der Waals surface area contributed by atoms with Crippen LogP contribution in [0.1, 0.15) is 0 Å². The summed E-state index contributed by atoms with van der Waals surface area (Å²) in [4.78, 5) is 15.5. The molecule has 0 atom stereocenters. The Kier molecular flexibility index (Phi) is 6.76. The standard InChI is InChI=1S/C51H30N4S/c1-2-13-31(14-3-1)49-52-50(54-51(53-49)55-44-22-10-8-19-40(44)41-20-9-11-23-45(41)55)33-26-28-46-43(30-33)48-34(21-12-24-47(48)56-46)32-25-27-39-37-17-5-4-15-35(37)36-16-6-7-18-38(36)42(39)29-32/h1-30H. The quantitative estimate of drug-likeness (QED) is 0.169. The zero-order chi connectivity index (χ0) is 36.7. The molecule has 5 heteroatoms. The van der Waals surface area contributed by atoms with Crippen molar-refractivity contribution in [1.82, 2.24) is 19.5 Å². The van der Waals surface area contributed by atoms with Gasteiger partial charge >= 0.3 is 0 Å². The molecule has 260 valence electrons. The minimum atomic E-state index is 0.595. The molecule has 0 aliphatic carbocycles. The van der Waals surface area contributed by atoms with Crippen LogP contribution in [0.5, 0.6) is 0 Å². The molecule has 0 aliphatic heterocycles. The number of benzene rings is 9. The first kappa shape index (κ1) is 31.2. The lowest BCUT2D eigenvalue weighted by molar-refractivity contribution is 0.954. The monoisotopic (exact) mass is 730 g/mol. The van der Waals surface area contributed by atoms with Crippen LogP contribution in [0.15, 0.2) is 182 Å². The maximum absolute atomic E-state index is 5.26. The van der Waals surface area contributed by atoms with E-state index in [0.717, 1.165) is 22.2 Å². The van der Waals surface area contributed by atoms with Gasteiger partial charge in [0.15, 0.2) is 11.6 Å². The number of hydrogen-bond acceptors (Lipinski definition) is 4. The van der Waals surface area contributed by atoms with Gasteiger partial charge in [-0.05, 0) is 85.9 Å². The number of hydrogen-bond donors (Lipinski definition) is 0. The fraction of sp³-hybridized carbons (Fsp3) is 0. The number of aromatic nitrogens is 4. The van der Waals surface area contributed by atoms with Gasteiger partial charge in [0.2, 0.25) is 5.95 Å². The van der Waals surface area contributed by atoms with Crippen LogP contribution < -0.4 is 0 Å². The van der Waals surface area contributed by atoms with E-state index < -0.39 is 0 Å². The Bertz CT molecular complexity index is 3460. The number of nitrogens with zero attached hydrogens (tertiary/aromatic N) is 4. The summed E-state index contributed by atoms with van der Waals surface area (Å²) in [5, 5.41) is 12.4. The van der Waals surface area contributed by atoms with Crippen molar-refractivity contribution < 1.29 is 0 Å². The molecule has 0 N–H and O–H groups in total. The SMILES string of the molecule is c1ccc(-c2nc(-c3ccc4sc5cccc(-c6ccc7c8ccccc8c8ccccc8c7c6)c5c4c3)nc(-n3c4ccccc4c4ccccc43)n2)cc1. The molecule has 12 rings (SSSR count). The van der Waals surface area contributed by atoms with Crippen molar-refractivity contribution in [2.75, 3.05) is 0 Å². The highest BCUT2D eigenvalue weighted by Crippen LogP contribution is 2.43. The van der Waals surface area contributed by atoms with Crippen molar-refractivity contribution in [3.05, 3.63) is 182 Å². The highest BCUT2D eigenvalue weighted by Gasteiger charge is 2.19. The predicted molar refractivity (Wildman–Crippen MR) is 236 cm³/mol. The lowest BCUT2D eigenvalue weighted by atomic mass is 9.91. The van der Waals surface area contributed by atoms with Crippen molar-refractivity contribution in [3.8, 4) is 39.9 Å². The molecule has 0 radical (unpaired) electrons. The van der Waals surface area contributed by atoms with Crippen LogP contribution in [0.3, 0.4) is 0 Å². The maximum atomic E-state index is 5.26. The van der Waals surface area contributed by atoms with E-state index in [1.54, 1.807) is 0 Å². The van der Waals surface area contributed by atoms with Gasteiger partial charge in [-0.1, -0.05) is 140 Å². The Morgan fingerprint density at radius 3 is 1.55 bits per heavy atom. The van der Waals surface area contributed by atoms with Crippen molar-refractivity contribution >= 4 is 85.6 Å². The van der Waals surface area contributed by atoms with Crippen molar-refractivity contribution in [2.24, 2.45) is 0 Å². The third kappa shape index (κ3) is 4.68. The van der Waals surface area contributed by atoms with Gasteiger partial charge in [0.05, 0.1) is 11.0 Å². The second kappa shape index (κ2) is 12.2. The Balaban J connectivity index is 1.08. The Hall–Kier alpha value is -7.21. The summed E-state index contributed by atoms with van der Waals surface area (Å²) in [7, 11) is 0. The molecule has 0 aliphatic rings. The fourth-order valence-corrected chi connectivity index (χ4v) is 9.84. The van der Waals surface area contributed by atoms with E-state index in [9.17, 15) is 0 Å². The summed E-state index contributed by atoms with van der Waals surface area (Å²) >= 11 is 1.83. The first-order chi connectivity index (χ1) is 27.8. The molecule has 0 spiro atoms. The highest BCUT2D eigenvalue weighted by atomic mass is 32.1. The molecule has 0 unspecified atom stereocenters. The molecule has 3 heterocycles. The molecule has 9 aromatic carbocycles. The zero-order valence-corrected chi connectivity index (χ0v) is 30.8. The van der Waals surface area contributed by atoms with E-state index in [0.29, 0.717) is 17.6 Å². The minimum Gasteiger partial charge on any atom is -0.278 e. The van der Waals surface area contributed by atoms with Crippen LogP contribution in [-0.4, -0.2) is 19.5 Å². The van der Waals surface area contributed by atoms with Gasteiger partial charge in [0, 0.05) is 42.1 Å². The van der Waals surface area contributed by atoms with Crippen LogP contribution >= 0.6 is 11.3 Å². The summed E-state index contributed by atoms with van der Waals surface area (Å²) in [5.74, 6) is 1.87. The number of thiophene rings is 1. The average molecular weight is 731 g/mol. The largest absolute Gasteiger partial charge is 0.278 e. The molecule has 3 aromatic heterocycles.